The van der Waals surface area contributed by atoms with Crippen LogP contribution in [0.4, 0.5) is 5.88 Å². The number of aryl methyl sites for hydroxylation is 2. The molecule has 1 aliphatic carbocycles. The van der Waals surface area contributed by atoms with Crippen LogP contribution in [-0.2, 0) is 4.79 Å². The zero-order chi connectivity index (χ0) is 22.4. The average molecular weight is 431 g/mol. The molecule has 0 fully saturated rings. The van der Waals surface area contributed by atoms with Crippen LogP contribution >= 0.6 is 0 Å². The molecular formula is C26H26N2O4. The van der Waals surface area contributed by atoms with Crippen LogP contribution in [0.1, 0.15) is 52.6 Å². The summed E-state index contributed by atoms with van der Waals surface area (Å²) >= 11 is 0. The minimum atomic E-state index is -0.174. The van der Waals surface area contributed by atoms with E-state index in [1.54, 1.807) is 14.2 Å². The van der Waals surface area contributed by atoms with Gasteiger partial charge in [0.1, 0.15) is 0 Å². The molecule has 2 aliphatic rings. The van der Waals surface area contributed by atoms with E-state index in [0.717, 1.165) is 33.7 Å². The Bertz CT molecular complexity index is 1220. The van der Waals surface area contributed by atoms with E-state index in [0.29, 0.717) is 30.2 Å². The zero-order valence-electron chi connectivity index (χ0n) is 18.7. The lowest BCUT2D eigenvalue weighted by molar-refractivity contribution is -0.116. The number of ether oxygens (including phenoxy) is 2. The summed E-state index contributed by atoms with van der Waals surface area (Å²) in [6.45, 7) is 3.99. The number of rotatable bonds is 4. The Hall–Kier alpha value is -3.54. The first kappa shape index (κ1) is 20.4. The van der Waals surface area contributed by atoms with E-state index in [1.165, 1.54) is 5.56 Å². The molecule has 6 nitrogen and oxygen atoms in total. The van der Waals surface area contributed by atoms with E-state index in [2.05, 4.69) is 41.7 Å². The number of benzene rings is 2. The third-order valence-electron chi connectivity index (χ3n) is 6.55. The fourth-order valence-electron chi connectivity index (χ4n) is 4.91. The van der Waals surface area contributed by atoms with Crippen LogP contribution in [0.5, 0.6) is 11.5 Å². The Labute approximate surface area is 187 Å². The number of nitrogens with one attached hydrogen (secondary N) is 1. The third kappa shape index (κ3) is 3.27. The number of carbonyl (C=O) groups excluding carboxylic acids is 1. The molecule has 5 rings (SSSR count). The first-order valence-electron chi connectivity index (χ1n) is 10.8. The normalized spacial score (nSPS) is 19.8. The molecule has 0 spiro atoms. The van der Waals surface area contributed by atoms with Crippen LogP contribution in [0, 0.1) is 13.8 Å². The van der Waals surface area contributed by atoms with Crippen molar-refractivity contribution in [3.63, 3.8) is 0 Å². The Morgan fingerprint density at radius 3 is 2.41 bits per heavy atom. The van der Waals surface area contributed by atoms with Crippen LogP contribution in [-0.4, -0.2) is 25.2 Å². The van der Waals surface area contributed by atoms with E-state index < -0.39 is 0 Å². The van der Waals surface area contributed by atoms with Gasteiger partial charge >= 0.3 is 0 Å². The molecule has 0 saturated heterocycles. The van der Waals surface area contributed by atoms with Crippen molar-refractivity contribution in [1.82, 2.24) is 5.16 Å². The summed E-state index contributed by atoms with van der Waals surface area (Å²) < 4.78 is 16.5. The largest absolute Gasteiger partial charge is 0.493 e. The average Bonchev–Trinajstić information content (AvgIpc) is 3.18. The number of anilines is 1. The van der Waals surface area contributed by atoms with Crippen molar-refractivity contribution >= 4 is 11.7 Å². The van der Waals surface area contributed by atoms with Crippen molar-refractivity contribution in [1.29, 1.82) is 0 Å². The number of allylic oxidation sites excluding steroid dienone is 2. The van der Waals surface area contributed by atoms with Gasteiger partial charge in [0.05, 0.1) is 25.5 Å². The Morgan fingerprint density at radius 2 is 1.69 bits per heavy atom. The quantitative estimate of drug-likeness (QED) is 0.608. The van der Waals surface area contributed by atoms with Gasteiger partial charge in [-0.1, -0.05) is 41.1 Å². The summed E-state index contributed by atoms with van der Waals surface area (Å²) in [5, 5.41) is 7.57. The molecule has 0 saturated carbocycles. The van der Waals surface area contributed by atoms with Crippen LogP contribution in [0.3, 0.4) is 0 Å². The summed E-state index contributed by atoms with van der Waals surface area (Å²) in [7, 11) is 3.24. The number of aromatic nitrogens is 1. The molecule has 1 aliphatic heterocycles. The molecular weight excluding hydrogens is 404 g/mol. The van der Waals surface area contributed by atoms with Crippen molar-refractivity contribution in [2.24, 2.45) is 0 Å². The van der Waals surface area contributed by atoms with Crippen molar-refractivity contribution < 1.29 is 18.8 Å². The van der Waals surface area contributed by atoms with Gasteiger partial charge in [-0.3, -0.25) is 4.79 Å². The van der Waals surface area contributed by atoms with E-state index in [1.807, 2.05) is 25.1 Å². The van der Waals surface area contributed by atoms with Gasteiger partial charge in [0.15, 0.2) is 17.3 Å². The fourth-order valence-corrected chi connectivity index (χ4v) is 4.91. The number of ketones is 1. The molecule has 1 aromatic heterocycles. The molecule has 6 heteroatoms. The lowest BCUT2D eigenvalue weighted by Gasteiger charge is -2.34. The Balaban J connectivity index is 1.57. The third-order valence-corrected chi connectivity index (χ3v) is 6.55. The molecule has 2 heterocycles. The van der Waals surface area contributed by atoms with Crippen LogP contribution in [0.15, 0.2) is 58.3 Å². The Morgan fingerprint density at radius 1 is 0.969 bits per heavy atom. The van der Waals surface area contributed by atoms with Crippen molar-refractivity contribution in [2.45, 2.75) is 38.5 Å². The smallest absolute Gasteiger partial charge is 0.233 e. The number of hydrogen-bond donors (Lipinski definition) is 1. The molecule has 2 atom stereocenters. The van der Waals surface area contributed by atoms with Gasteiger partial charge in [-0.2, -0.15) is 0 Å². The molecule has 0 bridgehead atoms. The van der Waals surface area contributed by atoms with E-state index in [4.69, 9.17) is 14.0 Å². The van der Waals surface area contributed by atoms with E-state index in [-0.39, 0.29) is 17.6 Å². The van der Waals surface area contributed by atoms with Crippen molar-refractivity contribution in [3.05, 3.63) is 81.7 Å². The van der Waals surface area contributed by atoms with E-state index >= 15 is 0 Å². The van der Waals surface area contributed by atoms with Gasteiger partial charge in [-0.05, 0) is 49.4 Å². The van der Waals surface area contributed by atoms with E-state index in [9.17, 15) is 4.79 Å². The van der Waals surface area contributed by atoms with Gasteiger partial charge in [-0.25, -0.2) is 0 Å². The number of hydrogen-bond acceptors (Lipinski definition) is 6. The fraction of sp³-hybridized carbons (Fsp3) is 0.308. The van der Waals surface area contributed by atoms with Crippen LogP contribution in [0.2, 0.25) is 0 Å². The lowest BCUT2D eigenvalue weighted by atomic mass is 9.72. The molecule has 0 radical (unpaired) electrons. The predicted molar refractivity (Wildman–Crippen MR) is 121 cm³/mol. The maximum absolute atomic E-state index is 13.6. The summed E-state index contributed by atoms with van der Waals surface area (Å²) in [5.41, 5.74) is 6.80. The first-order chi connectivity index (χ1) is 15.5. The number of methoxy groups -OCH3 is 2. The number of fused-ring (bicyclic) bond motifs is 1. The monoisotopic (exact) mass is 430 g/mol. The van der Waals surface area contributed by atoms with Gasteiger partial charge in [0, 0.05) is 23.6 Å². The highest BCUT2D eigenvalue weighted by molar-refractivity contribution is 6.01. The van der Waals surface area contributed by atoms with Crippen LogP contribution in [0.25, 0.3) is 0 Å². The number of nitrogens with zero attached hydrogens (tertiary/aromatic N) is 1. The van der Waals surface area contributed by atoms with Gasteiger partial charge in [0.2, 0.25) is 5.88 Å². The highest BCUT2D eigenvalue weighted by atomic mass is 16.5. The second-order valence-electron chi connectivity index (χ2n) is 8.51. The molecule has 3 aromatic rings. The predicted octanol–water partition coefficient (Wildman–Crippen LogP) is 5.27. The number of Topliss-reactive ketones (excluding diaryl/α,β-unsaturated/α-hetero) is 1. The van der Waals surface area contributed by atoms with Gasteiger partial charge in [-0.15, -0.1) is 0 Å². The standard InChI is InChI=1S/C26H26N2O4/c1-14-5-7-16(8-6-14)24-23-15(2)28-32-26(23)27-19-11-18(12-20(29)25(19)24)17-9-10-21(30-3)22(13-17)31-4/h5-10,13,18,24,27H,11-12H2,1-4H3/t18-,24+/m0/s1. The highest BCUT2D eigenvalue weighted by Crippen LogP contribution is 2.49. The topological polar surface area (TPSA) is 73.6 Å². The molecule has 1 N–H and O–H groups in total. The highest BCUT2D eigenvalue weighted by Gasteiger charge is 2.41. The lowest BCUT2D eigenvalue weighted by Crippen LogP contribution is -2.29. The summed E-state index contributed by atoms with van der Waals surface area (Å²) in [4.78, 5) is 13.6. The van der Waals surface area contributed by atoms with Crippen molar-refractivity contribution in [3.8, 4) is 11.5 Å². The van der Waals surface area contributed by atoms with Gasteiger partial charge < -0.3 is 19.3 Å². The second-order valence-corrected chi connectivity index (χ2v) is 8.51. The number of carbonyl (C=O) groups is 1. The maximum atomic E-state index is 13.6. The minimum Gasteiger partial charge on any atom is -0.493 e. The molecule has 164 valence electrons. The SMILES string of the molecule is COc1ccc([C@@H]2CC(=O)C3=C(C2)Nc2onc(C)c2[C@H]3c2ccc(C)cc2)cc1OC. The van der Waals surface area contributed by atoms with Crippen LogP contribution < -0.4 is 14.8 Å². The summed E-state index contributed by atoms with van der Waals surface area (Å²) in [6.07, 6.45) is 1.15. The zero-order valence-corrected chi connectivity index (χ0v) is 18.7. The minimum absolute atomic E-state index is 0.0396. The Kier molecular flexibility index (Phi) is 5.00. The molecule has 0 unspecified atom stereocenters. The summed E-state index contributed by atoms with van der Waals surface area (Å²) in [5.74, 6) is 1.99. The van der Waals surface area contributed by atoms with Gasteiger partial charge in [0.25, 0.3) is 0 Å². The first-order valence-corrected chi connectivity index (χ1v) is 10.8. The maximum Gasteiger partial charge on any atom is 0.233 e. The molecule has 2 aromatic carbocycles. The summed E-state index contributed by atoms with van der Waals surface area (Å²) in [6, 6.07) is 14.2. The molecule has 0 amide bonds. The molecule has 32 heavy (non-hydrogen) atoms. The second kappa shape index (κ2) is 7.86. The van der Waals surface area contributed by atoms with Crippen molar-refractivity contribution in [2.75, 3.05) is 19.5 Å².